The number of nitrogens with two attached hydrogens (primary N) is 1. The van der Waals surface area contributed by atoms with E-state index in [0.717, 1.165) is 18.9 Å². The third-order valence-electron chi connectivity index (χ3n) is 3.24. The Hall–Kier alpha value is -0.960. The first kappa shape index (κ1) is 16.4. The molecule has 118 valence electrons. The molecule has 0 aliphatic heterocycles. The number of primary sulfonamides is 1. The van der Waals surface area contributed by atoms with Crippen molar-refractivity contribution in [3.63, 3.8) is 0 Å². The zero-order valence-corrected chi connectivity index (χ0v) is 13.7. The summed E-state index contributed by atoms with van der Waals surface area (Å²) in [7, 11) is -7.62. The molecular weight excluding hydrogens is 312 g/mol. The Balaban J connectivity index is 2.43. The van der Waals surface area contributed by atoms with Gasteiger partial charge in [0.1, 0.15) is 0 Å². The Morgan fingerprint density at radius 3 is 2.24 bits per heavy atom. The van der Waals surface area contributed by atoms with Crippen LogP contribution in [0, 0.1) is 5.92 Å². The first-order valence-electron chi connectivity index (χ1n) is 6.77. The fourth-order valence-electron chi connectivity index (χ4n) is 2.11. The molecule has 0 bridgehead atoms. The van der Waals surface area contributed by atoms with E-state index in [2.05, 4.69) is 0 Å². The molecule has 1 saturated carbocycles. The van der Waals surface area contributed by atoms with Gasteiger partial charge in [0.2, 0.25) is 20.0 Å². The van der Waals surface area contributed by atoms with Gasteiger partial charge in [-0.2, -0.15) is 4.31 Å². The summed E-state index contributed by atoms with van der Waals surface area (Å²) in [5.74, 6) is 0.196. The zero-order chi connectivity index (χ0) is 15.8. The first-order chi connectivity index (χ1) is 9.62. The summed E-state index contributed by atoms with van der Waals surface area (Å²) < 4.78 is 49.7. The minimum atomic E-state index is -3.92. The molecular formula is C13H20N2O4S2. The van der Waals surface area contributed by atoms with Gasteiger partial charge in [0, 0.05) is 12.6 Å². The highest BCUT2D eigenvalue weighted by Crippen LogP contribution is 2.33. The maximum Gasteiger partial charge on any atom is 0.243 e. The Labute approximate surface area is 126 Å². The Morgan fingerprint density at radius 1 is 1.19 bits per heavy atom. The Morgan fingerprint density at radius 2 is 1.76 bits per heavy atom. The van der Waals surface area contributed by atoms with Crippen LogP contribution in [-0.2, 0) is 20.0 Å². The number of nitrogens with zero attached hydrogens (tertiary/aromatic N) is 1. The highest BCUT2D eigenvalue weighted by molar-refractivity contribution is 7.90. The lowest BCUT2D eigenvalue weighted by Gasteiger charge is -2.23. The van der Waals surface area contributed by atoms with Crippen LogP contribution < -0.4 is 5.14 Å². The second kappa shape index (κ2) is 5.68. The molecule has 0 radical (unpaired) electrons. The van der Waals surface area contributed by atoms with Crippen molar-refractivity contribution >= 4 is 20.0 Å². The summed E-state index contributed by atoms with van der Waals surface area (Å²) >= 11 is 0. The molecule has 0 unspecified atom stereocenters. The number of rotatable bonds is 6. The predicted molar refractivity (Wildman–Crippen MR) is 79.6 cm³/mol. The van der Waals surface area contributed by atoms with Gasteiger partial charge in [-0.1, -0.05) is 19.9 Å². The molecule has 0 atom stereocenters. The fraction of sp³-hybridized carbons (Fsp3) is 0.538. The van der Waals surface area contributed by atoms with Gasteiger partial charge in [-0.25, -0.2) is 22.0 Å². The monoisotopic (exact) mass is 332 g/mol. The number of hydrogen-bond donors (Lipinski definition) is 1. The van der Waals surface area contributed by atoms with Crippen LogP contribution in [0.25, 0.3) is 0 Å². The lowest BCUT2D eigenvalue weighted by Crippen LogP contribution is -2.36. The zero-order valence-electron chi connectivity index (χ0n) is 12.1. The summed E-state index contributed by atoms with van der Waals surface area (Å²) in [4.78, 5) is -0.217. The molecule has 0 heterocycles. The smallest absolute Gasteiger partial charge is 0.225 e. The molecule has 0 amide bonds. The summed E-state index contributed by atoms with van der Waals surface area (Å²) in [6.07, 6.45) is 1.70. The van der Waals surface area contributed by atoms with Gasteiger partial charge in [0.15, 0.2) is 0 Å². The molecule has 8 heteroatoms. The summed E-state index contributed by atoms with van der Waals surface area (Å²) in [6.45, 7) is 4.32. The molecule has 1 aliphatic carbocycles. The minimum absolute atomic E-state index is 0.0236. The van der Waals surface area contributed by atoms with Gasteiger partial charge >= 0.3 is 0 Å². The van der Waals surface area contributed by atoms with E-state index in [-0.39, 0.29) is 21.8 Å². The lowest BCUT2D eigenvalue weighted by molar-refractivity contribution is 0.360. The summed E-state index contributed by atoms with van der Waals surface area (Å²) in [5, 5.41) is 5.06. The molecule has 1 aromatic rings. The second-order valence-electron chi connectivity index (χ2n) is 5.72. The van der Waals surface area contributed by atoms with Crippen molar-refractivity contribution in [2.24, 2.45) is 11.1 Å². The van der Waals surface area contributed by atoms with Gasteiger partial charge < -0.3 is 0 Å². The quantitative estimate of drug-likeness (QED) is 0.844. The molecule has 2 N–H and O–H groups in total. The van der Waals surface area contributed by atoms with E-state index in [4.69, 9.17) is 5.14 Å². The molecule has 6 nitrogen and oxygen atoms in total. The van der Waals surface area contributed by atoms with E-state index in [1.807, 2.05) is 13.8 Å². The van der Waals surface area contributed by atoms with Crippen molar-refractivity contribution in [1.29, 1.82) is 0 Å². The van der Waals surface area contributed by atoms with E-state index in [0.29, 0.717) is 6.54 Å². The largest absolute Gasteiger partial charge is 0.243 e. The van der Waals surface area contributed by atoms with E-state index >= 15 is 0 Å². The molecule has 2 rings (SSSR count). The molecule has 0 saturated heterocycles. The standard InChI is InChI=1S/C13H20N2O4S2/c1-10(2)9-15(11-6-7-11)21(18,19)13-5-3-4-12(8-13)20(14,16)17/h3-5,8,10-11H,6-7,9H2,1-2H3,(H2,14,16,17). The van der Waals surface area contributed by atoms with Crippen LogP contribution in [0.15, 0.2) is 34.1 Å². The highest BCUT2D eigenvalue weighted by Gasteiger charge is 2.38. The molecule has 1 aromatic carbocycles. The third kappa shape index (κ3) is 3.82. The number of benzene rings is 1. The van der Waals surface area contributed by atoms with Crippen molar-refractivity contribution in [1.82, 2.24) is 4.31 Å². The maximum atomic E-state index is 12.7. The molecule has 1 aliphatic rings. The van der Waals surface area contributed by atoms with E-state index in [1.54, 1.807) is 0 Å². The Bertz CT molecular complexity index is 722. The third-order valence-corrected chi connectivity index (χ3v) is 6.07. The van der Waals surface area contributed by atoms with Crippen LogP contribution in [0.5, 0.6) is 0 Å². The van der Waals surface area contributed by atoms with Crippen molar-refractivity contribution in [2.75, 3.05) is 6.54 Å². The van der Waals surface area contributed by atoms with Crippen LogP contribution in [0.4, 0.5) is 0 Å². The van der Waals surface area contributed by atoms with Crippen molar-refractivity contribution in [2.45, 2.75) is 42.5 Å². The molecule has 1 fully saturated rings. The normalized spacial score (nSPS) is 16.6. The van der Waals surface area contributed by atoms with Gasteiger partial charge in [0.25, 0.3) is 0 Å². The summed E-state index contributed by atoms with van der Waals surface area (Å²) in [6, 6.07) is 5.24. The van der Waals surface area contributed by atoms with Crippen LogP contribution in [-0.4, -0.2) is 33.7 Å². The lowest BCUT2D eigenvalue weighted by atomic mass is 10.2. The van der Waals surface area contributed by atoms with Gasteiger partial charge in [-0.15, -0.1) is 0 Å². The van der Waals surface area contributed by atoms with Crippen LogP contribution >= 0.6 is 0 Å². The van der Waals surface area contributed by atoms with Crippen LogP contribution in [0.3, 0.4) is 0 Å². The minimum Gasteiger partial charge on any atom is -0.225 e. The van der Waals surface area contributed by atoms with Gasteiger partial charge in [0.05, 0.1) is 9.79 Å². The van der Waals surface area contributed by atoms with E-state index in [1.165, 1.54) is 22.5 Å². The van der Waals surface area contributed by atoms with Crippen molar-refractivity contribution < 1.29 is 16.8 Å². The number of hydrogen-bond acceptors (Lipinski definition) is 4. The van der Waals surface area contributed by atoms with Crippen LogP contribution in [0.1, 0.15) is 26.7 Å². The fourth-order valence-corrected chi connectivity index (χ4v) is 4.64. The molecule has 0 spiro atoms. The van der Waals surface area contributed by atoms with Crippen molar-refractivity contribution in [3.8, 4) is 0 Å². The van der Waals surface area contributed by atoms with Crippen molar-refractivity contribution in [3.05, 3.63) is 24.3 Å². The first-order valence-corrected chi connectivity index (χ1v) is 9.75. The second-order valence-corrected chi connectivity index (χ2v) is 9.17. The maximum absolute atomic E-state index is 12.7. The molecule has 0 aromatic heterocycles. The van der Waals surface area contributed by atoms with Gasteiger partial charge in [-0.3, -0.25) is 0 Å². The average Bonchev–Trinajstić information content (AvgIpc) is 3.19. The Kier molecular flexibility index (Phi) is 4.44. The topological polar surface area (TPSA) is 97.5 Å². The molecule has 21 heavy (non-hydrogen) atoms. The van der Waals surface area contributed by atoms with E-state index in [9.17, 15) is 16.8 Å². The van der Waals surface area contributed by atoms with Gasteiger partial charge in [-0.05, 0) is 37.0 Å². The van der Waals surface area contributed by atoms with E-state index < -0.39 is 20.0 Å². The summed E-state index contributed by atoms with van der Waals surface area (Å²) in [5.41, 5.74) is 0. The average molecular weight is 332 g/mol. The predicted octanol–water partition coefficient (Wildman–Crippen LogP) is 1.14. The van der Waals surface area contributed by atoms with Crippen LogP contribution in [0.2, 0.25) is 0 Å². The SMILES string of the molecule is CC(C)CN(C1CC1)S(=O)(=O)c1cccc(S(N)(=O)=O)c1. The number of sulfonamides is 2. The highest BCUT2D eigenvalue weighted by atomic mass is 32.2.